The van der Waals surface area contributed by atoms with Crippen LogP contribution in [0.1, 0.15) is 12.0 Å². The van der Waals surface area contributed by atoms with Gasteiger partial charge in [-0.3, -0.25) is 0 Å². The fourth-order valence-electron chi connectivity index (χ4n) is 1.52. The molecule has 0 aliphatic carbocycles. The molecule has 0 aliphatic rings. The highest BCUT2D eigenvalue weighted by atomic mass is 79.9. The monoisotopic (exact) mass is 322 g/mol. The summed E-state index contributed by atoms with van der Waals surface area (Å²) in [6.07, 6.45) is 2.37. The number of aliphatic hydroxyl groups excluding tert-OH is 1. The zero-order chi connectivity index (χ0) is 13.1. The number of methoxy groups -OCH3 is 1. The molecule has 0 fully saturated rings. The average Bonchev–Trinajstić information content (AvgIpc) is 2.24. The molecule has 1 N–H and O–H groups in total. The molecule has 0 amide bonds. The Hall–Kier alpha value is -0.590. The van der Waals surface area contributed by atoms with Crippen LogP contribution in [0.4, 0.5) is 0 Å². The summed E-state index contributed by atoms with van der Waals surface area (Å²) in [4.78, 5) is 0.169. The first-order valence-electron chi connectivity index (χ1n) is 5.07. The van der Waals surface area contributed by atoms with Crippen molar-refractivity contribution in [2.75, 3.05) is 20.0 Å². The molecule has 0 radical (unpaired) electrons. The molecule has 0 atom stereocenters. The van der Waals surface area contributed by atoms with Crippen molar-refractivity contribution in [2.45, 2.75) is 17.7 Å². The largest absolute Gasteiger partial charge is 0.494 e. The summed E-state index contributed by atoms with van der Waals surface area (Å²) in [5, 5.41) is 8.77. The van der Waals surface area contributed by atoms with Crippen LogP contribution in [0.5, 0.6) is 5.75 Å². The van der Waals surface area contributed by atoms with Crippen LogP contribution < -0.4 is 4.74 Å². The Labute approximate surface area is 110 Å². The maximum atomic E-state index is 11.6. The van der Waals surface area contributed by atoms with Crippen LogP contribution in [-0.2, 0) is 16.3 Å². The number of sulfone groups is 1. The fraction of sp³-hybridized carbons (Fsp3) is 0.455. The number of halogens is 1. The minimum atomic E-state index is -3.33. The van der Waals surface area contributed by atoms with Gasteiger partial charge in [-0.2, -0.15) is 0 Å². The molecule has 0 aromatic heterocycles. The number of hydrogen-bond donors (Lipinski definition) is 1. The lowest BCUT2D eigenvalue weighted by Gasteiger charge is -2.11. The average molecular weight is 323 g/mol. The maximum absolute atomic E-state index is 11.6. The zero-order valence-electron chi connectivity index (χ0n) is 9.73. The smallest absolute Gasteiger partial charge is 0.179 e. The summed E-state index contributed by atoms with van der Waals surface area (Å²) in [6, 6.07) is 3.40. The Bertz CT molecular complexity index is 496. The van der Waals surface area contributed by atoms with Crippen LogP contribution in [0.2, 0.25) is 0 Å². The van der Waals surface area contributed by atoms with E-state index in [1.54, 1.807) is 6.07 Å². The van der Waals surface area contributed by atoms with E-state index >= 15 is 0 Å². The number of aliphatic hydroxyl groups is 1. The van der Waals surface area contributed by atoms with Gasteiger partial charge in [-0.05, 0) is 46.5 Å². The normalized spacial score (nSPS) is 11.5. The highest BCUT2D eigenvalue weighted by molar-refractivity contribution is 9.10. The maximum Gasteiger partial charge on any atom is 0.179 e. The Morgan fingerprint density at radius 2 is 2.06 bits per heavy atom. The summed E-state index contributed by atoms with van der Waals surface area (Å²) < 4.78 is 29.0. The fourth-order valence-corrected chi connectivity index (χ4v) is 3.22. The standard InChI is InChI=1S/C11H15BrO4S/c1-16-11-9(12)6-8(4-3-5-13)7-10(11)17(2,14)15/h6-7,13H,3-5H2,1-2H3. The molecule has 0 unspecified atom stereocenters. The summed E-state index contributed by atoms with van der Waals surface area (Å²) in [7, 11) is -1.90. The van der Waals surface area contributed by atoms with Crippen LogP contribution in [0.15, 0.2) is 21.5 Å². The van der Waals surface area contributed by atoms with Gasteiger partial charge in [0.1, 0.15) is 4.90 Å². The van der Waals surface area contributed by atoms with E-state index in [2.05, 4.69) is 15.9 Å². The predicted molar refractivity (Wildman–Crippen MR) is 69.2 cm³/mol. The molecule has 6 heteroatoms. The van der Waals surface area contributed by atoms with E-state index in [-0.39, 0.29) is 11.5 Å². The second kappa shape index (κ2) is 5.84. The lowest BCUT2D eigenvalue weighted by Crippen LogP contribution is -2.03. The van der Waals surface area contributed by atoms with Gasteiger partial charge in [0.15, 0.2) is 15.6 Å². The molecule has 1 aromatic rings. The zero-order valence-corrected chi connectivity index (χ0v) is 12.1. The van der Waals surface area contributed by atoms with E-state index in [0.29, 0.717) is 23.1 Å². The molecule has 0 saturated carbocycles. The van der Waals surface area contributed by atoms with Crippen LogP contribution in [0.25, 0.3) is 0 Å². The van der Waals surface area contributed by atoms with Crippen molar-refractivity contribution in [3.63, 3.8) is 0 Å². The van der Waals surface area contributed by atoms with Gasteiger partial charge in [0.05, 0.1) is 11.6 Å². The summed E-state index contributed by atoms with van der Waals surface area (Å²) in [6.45, 7) is 0.0812. The first kappa shape index (κ1) is 14.5. The topological polar surface area (TPSA) is 63.6 Å². The molecule has 0 heterocycles. The van der Waals surface area contributed by atoms with Crippen molar-refractivity contribution in [1.29, 1.82) is 0 Å². The van der Waals surface area contributed by atoms with Crippen molar-refractivity contribution in [3.8, 4) is 5.75 Å². The van der Waals surface area contributed by atoms with Crippen LogP contribution in [0, 0.1) is 0 Å². The van der Waals surface area contributed by atoms with Gasteiger partial charge in [0.25, 0.3) is 0 Å². The first-order chi connectivity index (χ1) is 7.90. The Balaban J connectivity index is 3.29. The van der Waals surface area contributed by atoms with Gasteiger partial charge in [-0.1, -0.05) is 0 Å². The molecule has 96 valence electrons. The van der Waals surface area contributed by atoms with Crippen LogP contribution in [0.3, 0.4) is 0 Å². The van der Waals surface area contributed by atoms with E-state index in [1.807, 2.05) is 6.07 Å². The minimum Gasteiger partial charge on any atom is -0.494 e. The highest BCUT2D eigenvalue weighted by Gasteiger charge is 2.18. The summed E-state index contributed by atoms with van der Waals surface area (Å²) in [5.74, 6) is 0.320. The van der Waals surface area contributed by atoms with Gasteiger partial charge in [0, 0.05) is 12.9 Å². The van der Waals surface area contributed by atoms with E-state index in [4.69, 9.17) is 9.84 Å². The molecular formula is C11H15BrO4S. The molecule has 4 nitrogen and oxygen atoms in total. The number of hydrogen-bond acceptors (Lipinski definition) is 4. The van der Waals surface area contributed by atoms with E-state index < -0.39 is 9.84 Å². The summed E-state index contributed by atoms with van der Waals surface area (Å²) in [5.41, 5.74) is 0.854. The van der Waals surface area contributed by atoms with Gasteiger partial charge in [0.2, 0.25) is 0 Å². The second-order valence-electron chi connectivity index (χ2n) is 3.71. The third-order valence-corrected chi connectivity index (χ3v) is 3.99. The van der Waals surface area contributed by atoms with Gasteiger partial charge < -0.3 is 9.84 Å². The van der Waals surface area contributed by atoms with Crippen molar-refractivity contribution in [2.24, 2.45) is 0 Å². The molecule has 0 aliphatic heterocycles. The third-order valence-electron chi connectivity index (χ3n) is 2.30. The Morgan fingerprint density at radius 3 is 2.53 bits per heavy atom. The lowest BCUT2D eigenvalue weighted by molar-refractivity contribution is 0.288. The Kier molecular flexibility index (Phi) is 4.97. The molecular weight excluding hydrogens is 308 g/mol. The molecule has 0 saturated heterocycles. The van der Waals surface area contributed by atoms with Gasteiger partial charge in [-0.15, -0.1) is 0 Å². The van der Waals surface area contributed by atoms with Crippen molar-refractivity contribution in [3.05, 3.63) is 22.2 Å². The van der Waals surface area contributed by atoms with E-state index in [0.717, 1.165) is 11.8 Å². The number of rotatable bonds is 5. The number of ether oxygens (including phenoxy) is 1. The highest BCUT2D eigenvalue weighted by Crippen LogP contribution is 2.34. The van der Waals surface area contributed by atoms with Gasteiger partial charge in [-0.25, -0.2) is 8.42 Å². The SMILES string of the molecule is COc1c(Br)cc(CCCO)cc1S(C)(=O)=O. The van der Waals surface area contributed by atoms with E-state index in [9.17, 15) is 8.42 Å². The number of benzene rings is 1. The van der Waals surface area contributed by atoms with Gasteiger partial charge >= 0.3 is 0 Å². The van der Waals surface area contributed by atoms with E-state index in [1.165, 1.54) is 7.11 Å². The molecule has 17 heavy (non-hydrogen) atoms. The second-order valence-corrected chi connectivity index (χ2v) is 6.55. The quantitative estimate of drug-likeness (QED) is 0.897. The molecule has 0 bridgehead atoms. The first-order valence-corrected chi connectivity index (χ1v) is 7.76. The lowest BCUT2D eigenvalue weighted by atomic mass is 10.1. The van der Waals surface area contributed by atoms with Crippen LogP contribution >= 0.6 is 15.9 Å². The minimum absolute atomic E-state index is 0.0812. The number of aryl methyl sites for hydroxylation is 1. The third kappa shape index (κ3) is 3.69. The van der Waals surface area contributed by atoms with Crippen molar-refractivity contribution in [1.82, 2.24) is 0 Å². The summed E-state index contributed by atoms with van der Waals surface area (Å²) >= 11 is 3.29. The predicted octanol–water partition coefficient (Wildman–Crippen LogP) is 1.79. The molecule has 1 rings (SSSR count). The molecule has 0 spiro atoms. The Morgan fingerprint density at radius 1 is 1.41 bits per heavy atom. The molecule has 1 aromatic carbocycles. The van der Waals surface area contributed by atoms with Crippen LogP contribution in [-0.4, -0.2) is 33.5 Å². The van der Waals surface area contributed by atoms with Crippen molar-refractivity contribution >= 4 is 25.8 Å². The van der Waals surface area contributed by atoms with Crippen molar-refractivity contribution < 1.29 is 18.3 Å².